The number of fused-ring (bicyclic) bond motifs is 1. The predicted molar refractivity (Wildman–Crippen MR) is 117 cm³/mol. The summed E-state index contributed by atoms with van der Waals surface area (Å²) in [7, 11) is 1.62. The zero-order valence-corrected chi connectivity index (χ0v) is 17.4. The molecule has 6 heteroatoms. The van der Waals surface area contributed by atoms with Crippen molar-refractivity contribution in [3.05, 3.63) is 77.6 Å². The lowest BCUT2D eigenvalue weighted by Crippen LogP contribution is -2.45. The van der Waals surface area contributed by atoms with Gasteiger partial charge in [-0.25, -0.2) is 4.39 Å². The summed E-state index contributed by atoms with van der Waals surface area (Å²) in [5.41, 5.74) is 1.37. The van der Waals surface area contributed by atoms with E-state index >= 15 is 0 Å². The zero-order chi connectivity index (χ0) is 21.8. The molecule has 5 nitrogen and oxygen atoms in total. The van der Waals surface area contributed by atoms with Crippen LogP contribution in [-0.4, -0.2) is 36.9 Å². The number of hydrogen-bond acceptors (Lipinski definition) is 3. The first-order chi connectivity index (χ1) is 15.1. The number of nitrogens with zero attached hydrogens (tertiary/aromatic N) is 1. The van der Waals surface area contributed by atoms with Crippen LogP contribution in [0.15, 0.2) is 60.7 Å². The van der Waals surface area contributed by atoms with Crippen molar-refractivity contribution in [3.8, 4) is 5.75 Å². The molecule has 0 bridgehead atoms. The third-order valence-corrected chi connectivity index (χ3v) is 5.83. The molecule has 1 unspecified atom stereocenters. The van der Waals surface area contributed by atoms with E-state index in [0.717, 1.165) is 34.9 Å². The Morgan fingerprint density at radius 3 is 2.65 bits per heavy atom. The molecule has 1 heterocycles. The molecular formula is C25H25FN2O3. The summed E-state index contributed by atoms with van der Waals surface area (Å²) in [5.74, 6) is -0.175. The number of benzene rings is 3. The Balaban J connectivity index is 1.44. The number of carbonyl (C=O) groups excluding carboxylic acids is 2. The number of methoxy groups -OCH3 is 1. The van der Waals surface area contributed by atoms with Crippen molar-refractivity contribution in [2.24, 2.45) is 5.92 Å². The summed E-state index contributed by atoms with van der Waals surface area (Å²) in [4.78, 5) is 27.3. The topological polar surface area (TPSA) is 58.6 Å². The maximum absolute atomic E-state index is 13.1. The van der Waals surface area contributed by atoms with Gasteiger partial charge in [0.1, 0.15) is 11.6 Å². The Morgan fingerprint density at radius 1 is 1.10 bits per heavy atom. The van der Waals surface area contributed by atoms with E-state index in [-0.39, 0.29) is 23.5 Å². The number of ether oxygens (including phenoxy) is 1. The molecule has 0 aliphatic carbocycles. The fourth-order valence-electron chi connectivity index (χ4n) is 4.16. The summed E-state index contributed by atoms with van der Waals surface area (Å²) < 4.78 is 18.7. The fourth-order valence-corrected chi connectivity index (χ4v) is 4.16. The van der Waals surface area contributed by atoms with Crippen LogP contribution in [0, 0.1) is 11.7 Å². The van der Waals surface area contributed by atoms with Gasteiger partial charge < -0.3 is 15.0 Å². The fraction of sp³-hybridized carbons (Fsp3) is 0.280. The van der Waals surface area contributed by atoms with Crippen LogP contribution in [0.2, 0.25) is 0 Å². The molecule has 0 radical (unpaired) electrons. The van der Waals surface area contributed by atoms with Gasteiger partial charge in [-0.15, -0.1) is 0 Å². The Kier molecular flexibility index (Phi) is 6.16. The molecule has 1 N–H and O–H groups in total. The molecule has 3 aromatic rings. The molecule has 1 saturated heterocycles. The van der Waals surface area contributed by atoms with Crippen molar-refractivity contribution < 1.29 is 18.7 Å². The quantitative estimate of drug-likeness (QED) is 0.674. The van der Waals surface area contributed by atoms with E-state index in [1.807, 2.05) is 36.4 Å². The van der Waals surface area contributed by atoms with Gasteiger partial charge in [0.15, 0.2) is 0 Å². The molecule has 3 aromatic carbocycles. The number of rotatable bonds is 5. The molecule has 1 fully saturated rings. The Bertz CT molecular complexity index is 1100. The average Bonchev–Trinajstić information content (AvgIpc) is 2.82. The lowest BCUT2D eigenvalue weighted by molar-refractivity contribution is -0.126. The minimum absolute atomic E-state index is 0.0772. The van der Waals surface area contributed by atoms with Gasteiger partial charge in [0.2, 0.25) is 5.91 Å². The SMILES string of the molecule is COc1ccc2ccccc2c1CNC(=O)C1CCCN(C(=O)c2ccc(F)cc2)C1. The van der Waals surface area contributed by atoms with Crippen LogP contribution < -0.4 is 10.1 Å². The molecule has 1 aliphatic rings. The molecule has 31 heavy (non-hydrogen) atoms. The number of nitrogens with one attached hydrogen (secondary N) is 1. The summed E-state index contributed by atoms with van der Waals surface area (Å²) in [6.45, 7) is 1.30. The lowest BCUT2D eigenvalue weighted by atomic mass is 9.96. The highest BCUT2D eigenvalue weighted by molar-refractivity contribution is 5.94. The van der Waals surface area contributed by atoms with Crippen molar-refractivity contribution in [2.75, 3.05) is 20.2 Å². The largest absolute Gasteiger partial charge is 0.496 e. The summed E-state index contributed by atoms with van der Waals surface area (Å²) in [6, 6.07) is 17.4. The minimum atomic E-state index is -0.378. The highest BCUT2D eigenvalue weighted by Crippen LogP contribution is 2.28. The van der Waals surface area contributed by atoms with Gasteiger partial charge in [-0.3, -0.25) is 9.59 Å². The van der Waals surface area contributed by atoms with Crippen LogP contribution in [0.25, 0.3) is 10.8 Å². The molecular weight excluding hydrogens is 395 g/mol. The molecule has 160 valence electrons. The van der Waals surface area contributed by atoms with E-state index in [1.165, 1.54) is 24.3 Å². The summed E-state index contributed by atoms with van der Waals surface area (Å²) in [5, 5.41) is 5.16. The van der Waals surface area contributed by atoms with Gasteiger partial charge in [-0.1, -0.05) is 30.3 Å². The van der Waals surface area contributed by atoms with Crippen LogP contribution in [0.1, 0.15) is 28.8 Å². The van der Waals surface area contributed by atoms with Gasteiger partial charge >= 0.3 is 0 Å². The van der Waals surface area contributed by atoms with Crippen molar-refractivity contribution >= 4 is 22.6 Å². The zero-order valence-electron chi connectivity index (χ0n) is 17.4. The molecule has 0 aromatic heterocycles. The molecule has 2 amide bonds. The molecule has 1 atom stereocenters. The smallest absolute Gasteiger partial charge is 0.253 e. The number of carbonyl (C=O) groups is 2. The first-order valence-electron chi connectivity index (χ1n) is 10.4. The van der Waals surface area contributed by atoms with E-state index in [1.54, 1.807) is 12.0 Å². The van der Waals surface area contributed by atoms with Gasteiger partial charge in [0.05, 0.1) is 13.0 Å². The Labute approximate surface area is 180 Å². The van der Waals surface area contributed by atoms with Crippen LogP contribution in [0.4, 0.5) is 4.39 Å². The normalized spacial score (nSPS) is 16.2. The number of amides is 2. The summed E-state index contributed by atoms with van der Waals surface area (Å²) >= 11 is 0. The van der Waals surface area contributed by atoms with E-state index in [4.69, 9.17) is 4.74 Å². The molecule has 4 rings (SSSR count). The third-order valence-electron chi connectivity index (χ3n) is 5.83. The molecule has 0 saturated carbocycles. The van der Waals surface area contributed by atoms with E-state index in [0.29, 0.717) is 25.2 Å². The lowest BCUT2D eigenvalue weighted by Gasteiger charge is -2.32. The number of piperidine rings is 1. The van der Waals surface area contributed by atoms with Crippen LogP contribution in [0.3, 0.4) is 0 Å². The maximum Gasteiger partial charge on any atom is 0.253 e. The van der Waals surface area contributed by atoms with E-state index < -0.39 is 0 Å². The van der Waals surface area contributed by atoms with Crippen LogP contribution in [-0.2, 0) is 11.3 Å². The van der Waals surface area contributed by atoms with E-state index in [9.17, 15) is 14.0 Å². The maximum atomic E-state index is 13.1. The highest BCUT2D eigenvalue weighted by atomic mass is 19.1. The second-order valence-electron chi connectivity index (χ2n) is 7.78. The first-order valence-corrected chi connectivity index (χ1v) is 10.4. The molecule has 0 spiro atoms. The van der Waals surface area contributed by atoms with Gasteiger partial charge in [-0.05, 0) is 53.9 Å². The summed E-state index contributed by atoms with van der Waals surface area (Å²) in [6.07, 6.45) is 1.48. The van der Waals surface area contributed by atoms with Crippen molar-refractivity contribution in [2.45, 2.75) is 19.4 Å². The highest BCUT2D eigenvalue weighted by Gasteiger charge is 2.29. The van der Waals surface area contributed by atoms with Gasteiger partial charge in [0, 0.05) is 30.8 Å². The second kappa shape index (κ2) is 9.16. The van der Waals surface area contributed by atoms with Gasteiger partial charge in [-0.2, -0.15) is 0 Å². The number of halogens is 1. The Morgan fingerprint density at radius 2 is 1.87 bits per heavy atom. The van der Waals surface area contributed by atoms with Crippen molar-refractivity contribution in [1.82, 2.24) is 10.2 Å². The average molecular weight is 420 g/mol. The Hall–Kier alpha value is -3.41. The van der Waals surface area contributed by atoms with Crippen molar-refractivity contribution in [1.29, 1.82) is 0 Å². The number of hydrogen-bond donors (Lipinski definition) is 1. The van der Waals surface area contributed by atoms with Crippen LogP contribution in [0.5, 0.6) is 5.75 Å². The van der Waals surface area contributed by atoms with Crippen LogP contribution >= 0.6 is 0 Å². The minimum Gasteiger partial charge on any atom is -0.496 e. The predicted octanol–water partition coefficient (Wildman–Crippen LogP) is 4.16. The first kappa shape index (κ1) is 20.8. The van der Waals surface area contributed by atoms with Gasteiger partial charge in [0.25, 0.3) is 5.91 Å². The second-order valence-corrected chi connectivity index (χ2v) is 7.78. The molecule has 1 aliphatic heterocycles. The standard InChI is InChI=1S/C25H25FN2O3/c1-31-23-13-10-17-5-2-3-7-21(17)22(23)15-27-24(29)19-6-4-14-28(16-19)25(30)18-8-11-20(26)12-9-18/h2-3,5,7-13,19H,4,6,14-16H2,1H3,(H,27,29). The van der Waals surface area contributed by atoms with E-state index in [2.05, 4.69) is 5.32 Å². The third kappa shape index (κ3) is 4.53. The monoisotopic (exact) mass is 420 g/mol. The number of likely N-dealkylation sites (tertiary alicyclic amines) is 1. The van der Waals surface area contributed by atoms with Crippen molar-refractivity contribution in [3.63, 3.8) is 0 Å².